The topological polar surface area (TPSA) is 78.0 Å². The number of ketones is 1. The fourth-order valence-corrected chi connectivity index (χ4v) is 2.89. The molecule has 0 atom stereocenters. The Morgan fingerprint density at radius 3 is 2.74 bits per heavy atom. The Kier molecular flexibility index (Phi) is 3.68. The van der Waals surface area contributed by atoms with Crippen molar-refractivity contribution in [1.29, 1.82) is 0 Å². The Balaban J connectivity index is 2.22. The summed E-state index contributed by atoms with van der Waals surface area (Å²) in [6.07, 6.45) is 1.28. The lowest BCUT2D eigenvalue weighted by Gasteiger charge is -1.97. The van der Waals surface area contributed by atoms with E-state index in [1.165, 1.54) is 22.2 Å². The van der Waals surface area contributed by atoms with Gasteiger partial charge in [0.15, 0.2) is 10.8 Å². The molecule has 19 heavy (non-hydrogen) atoms. The number of nitro groups is 1. The van der Waals surface area contributed by atoms with Gasteiger partial charge in [0, 0.05) is 15.3 Å². The maximum Gasteiger partial charge on any atom is 0.408 e. The Hall–Kier alpha value is -1.73. The van der Waals surface area contributed by atoms with Crippen LogP contribution in [0.2, 0.25) is 5.02 Å². The largest absolute Gasteiger partial charge is 0.408 e. The van der Waals surface area contributed by atoms with E-state index in [1.54, 1.807) is 0 Å². The second kappa shape index (κ2) is 5.10. The molecule has 0 aliphatic rings. The number of rotatable bonds is 4. The van der Waals surface area contributed by atoms with Gasteiger partial charge in [-0.15, -0.1) is 11.3 Å². The summed E-state index contributed by atoms with van der Waals surface area (Å²) < 4.78 is 1.19. The molecular weight excluding hydrogens is 290 g/mol. The molecule has 0 radical (unpaired) electrons. The van der Waals surface area contributed by atoms with Crippen LogP contribution in [0.4, 0.5) is 5.82 Å². The molecule has 0 aromatic carbocycles. The van der Waals surface area contributed by atoms with Crippen LogP contribution in [-0.4, -0.2) is 20.5 Å². The lowest BCUT2D eigenvalue weighted by molar-refractivity contribution is -0.389. The Bertz CT molecular complexity index is 662. The van der Waals surface area contributed by atoms with Crippen LogP contribution in [0.15, 0.2) is 12.3 Å². The van der Waals surface area contributed by atoms with E-state index in [-0.39, 0.29) is 17.4 Å². The summed E-state index contributed by atoms with van der Waals surface area (Å²) in [5, 5.41) is 14.2. The van der Waals surface area contributed by atoms with Gasteiger partial charge in [0.1, 0.15) is 6.54 Å². The number of Topliss-reactive ketones (excluding diaryl/α,β-unsaturated/α-hetero) is 1. The van der Waals surface area contributed by atoms with Gasteiger partial charge < -0.3 is 10.1 Å². The fourth-order valence-electron chi connectivity index (χ4n) is 1.73. The maximum absolute atomic E-state index is 12.1. The van der Waals surface area contributed by atoms with E-state index in [0.717, 1.165) is 9.75 Å². The van der Waals surface area contributed by atoms with Crippen molar-refractivity contribution < 1.29 is 9.72 Å². The normalized spacial score (nSPS) is 10.7. The van der Waals surface area contributed by atoms with E-state index in [2.05, 4.69) is 5.10 Å². The predicted molar refractivity (Wildman–Crippen MR) is 72.0 cm³/mol. The summed E-state index contributed by atoms with van der Waals surface area (Å²) in [4.78, 5) is 24.0. The molecule has 0 saturated heterocycles. The highest BCUT2D eigenvalue weighted by atomic mass is 35.5. The number of halogens is 1. The SMILES string of the molecule is Cc1cc(C(=O)Cn2cc(Cl)c([N+](=O)[O-])n2)c(C)s1. The molecule has 6 nitrogen and oxygen atoms in total. The van der Waals surface area contributed by atoms with Crippen LogP contribution >= 0.6 is 22.9 Å². The summed E-state index contributed by atoms with van der Waals surface area (Å²) >= 11 is 7.21. The van der Waals surface area contributed by atoms with Crippen molar-refractivity contribution in [2.45, 2.75) is 20.4 Å². The number of aryl methyl sites for hydroxylation is 2. The van der Waals surface area contributed by atoms with Crippen molar-refractivity contribution in [2.24, 2.45) is 0 Å². The monoisotopic (exact) mass is 299 g/mol. The number of hydrogen-bond acceptors (Lipinski definition) is 5. The van der Waals surface area contributed by atoms with Crippen molar-refractivity contribution >= 4 is 34.5 Å². The van der Waals surface area contributed by atoms with Crippen LogP contribution in [0.1, 0.15) is 20.1 Å². The lowest BCUT2D eigenvalue weighted by Crippen LogP contribution is -2.11. The molecular formula is C11H10ClN3O3S. The van der Waals surface area contributed by atoms with Gasteiger partial charge in [-0.25, -0.2) is 0 Å². The molecule has 0 N–H and O–H groups in total. The first-order valence-corrected chi connectivity index (χ1v) is 6.55. The minimum atomic E-state index is -0.677. The zero-order valence-electron chi connectivity index (χ0n) is 10.2. The van der Waals surface area contributed by atoms with Gasteiger partial charge in [-0.1, -0.05) is 11.6 Å². The molecule has 8 heteroatoms. The van der Waals surface area contributed by atoms with Crippen molar-refractivity contribution in [1.82, 2.24) is 9.78 Å². The van der Waals surface area contributed by atoms with Crippen molar-refractivity contribution in [3.8, 4) is 0 Å². The minimum absolute atomic E-state index is 0.0649. The number of carbonyl (C=O) groups excluding carboxylic acids is 1. The van der Waals surface area contributed by atoms with Crippen molar-refractivity contribution in [3.05, 3.63) is 42.7 Å². The number of nitrogens with zero attached hydrogens (tertiary/aromatic N) is 3. The van der Waals surface area contributed by atoms with Gasteiger partial charge in [0.05, 0.1) is 11.3 Å². The molecule has 0 bridgehead atoms. The van der Waals surface area contributed by atoms with Crippen molar-refractivity contribution in [2.75, 3.05) is 0 Å². The quantitative estimate of drug-likeness (QED) is 0.494. The van der Waals surface area contributed by atoms with Gasteiger partial charge in [-0.2, -0.15) is 4.68 Å². The molecule has 2 aromatic rings. The van der Waals surface area contributed by atoms with E-state index in [9.17, 15) is 14.9 Å². The van der Waals surface area contributed by atoms with Crippen LogP contribution in [0.25, 0.3) is 0 Å². The highest BCUT2D eigenvalue weighted by Crippen LogP contribution is 2.23. The second-order valence-corrected chi connectivity index (χ2v) is 5.87. The number of aromatic nitrogens is 2. The molecule has 2 aromatic heterocycles. The van der Waals surface area contributed by atoms with E-state index in [4.69, 9.17) is 11.6 Å². The molecule has 0 saturated carbocycles. The molecule has 0 fully saturated rings. The third-order valence-electron chi connectivity index (χ3n) is 2.52. The van der Waals surface area contributed by atoms with Crippen LogP contribution in [0, 0.1) is 24.0 Å². The molecule has 0 aliphatic heterocycles. The van der Waals surface area contributed by atoms with Crippen LogP contribution in [0.5, 0.6) is 0 Å². The summed E-state index contributed by atoms with van der Waals surface area (Å²) in [5.41, 5.74) is 0.622. The first-order valence-electron chi connectivity index (χ1n) is 5.36. The Labute approximate surface area is 117 Å². The fraction of sp³-hybridized carbons (Fsp3) is 0.273. The van der Waals surface area contributed by atoms with E-state index >= 15 is 0 Å². The molecule has 2 rings (SSSR count). The van der Waals surface area contributed by atoms with Gasteiger partial charge in [-0.05, 0) is 24.8 Å². The van der Waals surface area contributed by atoms with Gasteiger partial charge in [-0.3, -0.25) is 4.79 Å². The number of carbonyl (C=O) groups is 1. The zero-order chi connectivity index (χ0) is 14.2. The lowest BCUT2D eigenvalue weighted by atomic mass is 10.1. The highest BCUT2D eigenvalue weighted by Gasteiger charge is 2.21. The summed E-state index contributed by atoms with van der Waals surface area (Å²) in [6, 6.07) is 1.81. The van der Waals surface area contributed by atoms with Crippen molar-refractivity contribution in [3.63, 3.8) is 0 Å². The average Bonchev–Trinajstić information content (AvgIpc) is 2.81. The van der Waals surface area contributed by atoms with Gasteiger partial charge in [0.2, 0.25) is 0 Å². The first kappa shape index (κ1) is 13.7. The summed E-state index contributed by atoms with van der Waals surface area (Å²) in [5.74, 6) is -0.580. The Morgan fingerprint density at radius 1 is 1.58 bits per heavy atom. The smallest absolute Gasteiger partial charge is 0.358 e. The van der Waals surface area contributed by atoms with Gasteiger partial charge in [0.25, 0.3) is 0 Å². The number of hydrogen-bond donors (Lipinski definition) is 0. The minimum Gasteiger partial charge on any atom is -0.358 e. The van der Waals surface area contributed by atoms with Gasteiger partial charge >= 0.3 is 5.82 Å². The molecule has 0 spiro atoms. The maximum atomic E-state index is 12.1. The third-order valence-corrected chi connectivity index (χ3v) is 3.75. The van der Waals surface area contributed by atoms with E-state index in [0.29, 0.717) is 5.56 Å². The van der Waals surface area contributed by atoms with Crippen LogP contribution in [-0.2, 0) is 6.54 Å². The second-order valence-electron chi connectivity index (χ2n) is 4.01. The molecule has 0 amide bonds. The summed E-state index contributed by atoms with van der Waals surface area (Å²) in [7, 11) is 0. The Morgan fingerprint density at radius 2 is 2.26 bits per heavy atom. The highest BCUT2D eigenvalue weighted by molar-refractivity contribution is 7.12. The van der Waals surface area contributed by atoms with Crippen LogP contribution in [0.3, 0.4) is 0 Å². The predicted octanol–water partition coefficient (Wildman–Crippen LogP) is 3.01. The molecule has 2 heterocycles. The third kappa shape index (κ3) is 2.82. The zero-order valence-corrected chi connectivity index (χ0v) is 11.8. The summed E-state index contributed by atoms with van der Waals surface area (Å²) in [6.45, 7) is 3.72. The molecule has 0 aliphatic carbocycles. The first-order chi connectivity index (χ1) is 8.88. The molecule has 100 valence electrons. The van der Waals surface area contributed by atoms with E-state index in [1.807, 2.05) is 19.9 Å². The van der Waals surface area contributed by atoms with Crippen LogP contribution < -0.4 is 0 Å². The average molecular weight is 300 g/mol. The number of thiophene rings is 1. The van der Waals surface area contributed by atoms with E-state index < -0.39 is 10.7 Å². The molecule has 0 unspecified atom stereocenters. The standard InChI is InChI=1S/C11H10ClN3O3S/c1-6-3-8(7(2)19-6)10(16)5-14-4-9(12)11(13-14)15(17)18/h3-4H,5H2,1-2H3.